The first-order valence-electron chi connectivity index (χ1n) is 6.99. The van der Waals surface area contributed by atoms with Gasteiger partial charge in [-0.25, -0.2) is 14.0 Å². The van der Waals surface area contributed by atoms with E-state index in [1.165, 1.54) is 19.2 Å². The molecule has 0 aliphatic rings. The van der Waals surface area contributed by atoms with Gasteiger partial charge < -0.3 is 14.8 Å². The first kappa shape index (κ1) is 20.8. The third-order valence-corrected chi connectivity index (χ3v) is 3.11. The molecule has 0 heterocycles. The van der Waals surface area contributed by atoms with E-state index in [0.29, 0.717) is 0 Å². The number of ether oxygens (including phenoxy) is 2. The summed E-state index contributed by atoms with van der Waals surface area (Å²) >= 11 is 5.53. The lowest BCUT2D eigenvalue weighted by molar-refractivity contribution is -0.205. The highest BCUT2D eigenvalue weighted by molar-refractivity contribution is 6.31. The van der Waals surface area contributed by atoms with Gasteiger partial charge in [-0.1, -0.05) is 11.6 Å². The minimum Gasteiger partial charge on any atom is -0.463 e. The fraction of sp³-hybridized carbons (Fsp3) is 0.429. The predicted octanol–water partition coefficient (Wildman–Crippen LogP) is 3.46. The van der Waals surface area contributed by atoms with Gasteiger partial charge in [0, 0.05) is 5.69 Å². The van der Waals surface area contributed by atoms with Crippen LogP contribution in [0.25, 0.3) is 0 Å². The number of hydrogen-bond donors (Lipinski definition) is 2. The Balaban J connectivity index is 3.37. The Bertz CT molecular complexity index is 642. The Hall–Kier alpha value is -2.23. The maximum atomic E-state index is 13.7. The summed E-state index contributed by atoms with van der Waals surface area (Å²) in [5.74, 6) is -2.70. The molecule has 0 aromatic heterocycles. The molecule has 1 aromatic carbocycles. The van der Waals surface area contributed by atoms with E-state index in [9.17, 15) is 27.2 Å². The molecular formula is C14H15ClF4N2O4. The van der Waals surface area contributed by atoms with E-state index in [1.54, 1.807) is 0 Å². The van der Waals surface area contributed by atoms with Crippen molar-refractivity contribution in [2.45, 2.75) is 25.7 Å². The number of hydrogen-bond acceptors (Lipinski definition) is 5. The van der Waals surface area contributed by atoms with Gasteiger partial charge in [0.05, 0.1) is 18.2 Å². The van der Waals surface area contributed by atoms with Gasteiger partial charge in [-0.2, -0.15) is 13.2 Å². The van der Waals surface area contributed by atoms with Crippen LogP contribution in [0.4, 0.5) is 28.0 Å². The highest BCUT2D eigenvalue weighted by atomic mass is 35.5. The Morgan fingerprint density at radius 2 is 1.76 bits per heavy atom. The number of alkyl carbamates (subject to hydrolysis) is 1. The van der Waals surface area contributed by atoms with Gasteiger partial charge in [0.25, 0.3) is 0 Å². The molecule has 1 rings (SSSR count). The zero-order valence-electron chi connectivity index (χ0n) is 13.2. The summed E-state index contributed by atoms with van der Waals surface area (Å²) in [7, 11) is 0. The number of benzene rings is 1. The number of rotatable bonds is 6. The summed E-state index contributed by atoms with van der Waals surface area (Å²) < 4.78 is 63.1. The van der Waals surface area contributed by atoms with Crippen LogP contribution in [0.5, 0.6) is 0 Å². The van der Waals surface area contributed by atoms with Crippen molar-refractivity contribution in [1.82, 2.24) is 5.32 Å². The Morgan fingerprint density at radius 1 is 1.16 bits per heavy atom. The van der Waals surface area contributed by atoms with E-state index in [4.69, 9.17) is 11.6 Å². The Labute approximate surface area is 145 Å². The third kappa shape index (κ3) is 4.88. The molecule has 0 radical (unpaired) electrons. The fourth-order valence-corrected chi connectivity index (χ4v) is 1.92. The van der Waals surface area contributed by atoms with E-state index in [-0.39, 0.29) is 18.9 Å². The normalized spacial score (nSPS) is 13.6. The largest absolute Gasteiger partial charge is 0.463 e. The van der Waals surface area contributed by atoms with Crippen molar-refractivity contribution >= 4 is 29.4 Å². The van der Waals surface area contributed by atoms with Gasteiger partial charge in [-0.3, -0.25) is 5.32 Å². The van der Waals surface area contributed by atoms with Crippen LogP contribution in [0.3, 0.4) is 0 Å². The highest BCUT2D eigenvalue weighted by Gasteiger charge is 2.64. The number of nitrogens with one attached hydrogen (secondary N) is 2. The molecule has 0 unspecified atom stereocenters. The molecule has 11 heteroatoms. The number of esters is 1. The summed E-state index contributed by atoms with van der Waals surface area (Å²) in [6.07, 6.45) is -6.83. The lowest BCUT2D eigenvalue weighted by atomic mass is 10.1. The fourth-order valence-electron chi connectivity index (χ4n) is 1.74. The van der Waals surface area contributed by atoms with Crippen molar-refractivity contribution in [3.05, 3.63) is 29.0 Å². The topological polar surface area (TPSA) is 76.7 Å². The van der Waals surface area contributed by atoms with Crippen LogP contribution in [0.1, 0.15) is 13.8 Å². The van der Waals surface area contributed by atoms with Gasteiger partial charge in [0.2, 0.25) is 0 Å². The van der Waals surface area contributed by atoms with E-state index in [1.807, 2.05) is 5.32 Å². The van der Waals surface area contributed by atoms with Crippen molar-refractivity contribution < 1.29 is 36.6 Å². The van der Waals surface area contributed by atoms with E-state index < -0.39 is 34.7 Å². The molecular weight excluding hydrogens is 372 g/mol. The molecule has 140 valence electrons. The number of carbonyl (C=O) groups excluding carboxylic acids is 2. The second kappa shape index (κ2) is 8.24. The molecule has 0 saturated carbocycles. The quantitative estimate of drug-likeness (QED) is 0.445. The van der Waals surface area contributed by atoms with Gasteiger partial charge in [-0.05, 0) is 32.0 Å². The molecule has 1 atom stereocenters. The summed E-state index contributed by atoms with van der Waals surface area (Å²) in [6.45, 7) is 2.04. The summed E-state index contributed by atoms with van der Waals surface area (Å²) in [4.78, 5) is 23.6. The maximum absolute atomic E-state index is 13.7. The van der Waals surface area contributed by atoms with Crippen molar-refractivity contribution in [2.75, 3.05) is 18.5 Å². The minimum atomic E-state index is -5.33. The van der Waals surface area contributed by atoms with Crippen LogP contribution in [0.2, 0.25) is 5.02 Å². The second-order valence-corrected chi connectivity index (χ2v) is 4.97. The van der Waals surface area contributed by atoms with Crippen LogP contribution in [-0.2, 0) is 14.3 Å². The lowest BCUT2D eigenvalue weighted by Crippen LogP contribution is -2.69. The molecule has 0 aliphatic heterocycles. The maximum Gasteiger partial charge on any atom is 0.442 e. The van der Waals surface area contributed by atoms with Crippen molar-refractivity contribution in [1.29, 1.82) is 0 Å². The monoisotopic (exact) mass is 386 g/mol. The molecule has 0 bridgehead atoms. The molecule has 6 nitrogen and oxygen atoms in total. The Morgan fingerprint density at radius 3 is 2.24 bits per heavy atom. The van der Waals surface area contributed by atoms with Crippen molar-refractivity contribution in [3.63, 3.8) is 0 Å². The number of anilines is 1. The predicted molar refractivity (Wildman–Crippen MR) is 80.6 cm³/mol. The smallest absolute Gasteiger partial charge is 0.442 e. The zero-order valence-corrected chi connectivity index (χ0v) is 13.9. The molecule has 0 aliphatic carbocycles. The van der Waals surface area contributed by atoms with Gasteiger partial charge >= 0.3 is 23.9 Å². The van der Waals surface area contributed by atoms with Gasteiger partial charge in [-0.15, -0.1) is 0 Å². The SMILES string of the molecule is CCOC(=O)N[C@](Nc1ccc(F)c(Cl)c1)(C(=O)OCC)C(F)(F)F. The van der Waals surface area contributed by atoms with Crippen LogP contribution in [0.15, 0.2) is 18.2 Å². The van der Waals surface area contributed by atoms with Crippen LogP contribution < -0.4 is 10.6 Å². The first-order chi connectivity index (χ1) is 11.6. The molecule has 0 spiro atoms. The van der Waals surface area contributed by atoms with Crippen LogP contribution in [-0.4, -0.2) is 37.1 Å². The van der Waals surface area contributed by atoms with Crippen LogP contribution >= 0.6 is 11.6 Å². The number of carbonyl (C=O) groups is 2. The summed E-state index contributed by atoms with van der Waals surface area (Å²) in [5.41, 5.74) is -4.04. The Kier molecular flexibility index (Phi) is 6.86. The molecule has 1 amide bonds. The van der Waals surface area contributed by atoms with Crippen molar-refractivity contribution in [3.8, 4) is 0 Å². The second-order valence-electron chi connectivity index (χ2n) is 4.57. The lowest BCUT2D eigenvalue weighted by Gasteiger charge is -2.34. The standard InChI is InChI=1S/C14H15ClF4N2O4/c1-3-24-11(22)13(14(17,18)19,21-12(23)25-4-2)20-8-5-6-10(16)9(15)7-8/h5-7,20H,3-4H2,1-2H3,(H,21,23)/t13-/m1/s1. The average molecular weight is 387 g/mol. The zero-order chi connectivity index (χ0) is 19.3. The number of halogens is 5. The average Bonchev–Trinajstić information content (AvgIpc) is 2.49. The van der Waals surface area contributed by atoms with Crippen molar-refractivity contribution in [2.24, 2.45) is 0 Å². The van der Waals surface area contributed by atoms with Gasteiger partial charge in [0.1, 0.15) is 5.82 Å². The third-order valence-electron chi connectivity index (χ3n) is 2.82. The molecule has 0 fully saturated rings. The summed E-state index contributed by atoms with van der Waals surface area (Å²) in [6, 6.07) is 2.53. The van der Waals surface area contributed by atoms with Gasteiger partial charge in [0.15, 0.2) is 0 Å². The molecule has 1 aromatic rings. The molecule has 0 saturated heterocycles. The van der Waals surface area contributed by atoms with E-state index in [0.717, 1.165) is 18.2 Å². The molecule has 2 N–H and O–H groups in total. The van der Waals surface area contributed by atoms with E-state index >= 15 is 0 Å². The first-order valence-corrected chi connectivity index (χ1v) is 7.37. The molecule has 25 heavy (non-hydrogen) atoms. The summed E-state index contributed by atoms with van der Waals surface area (Å²) in [5, 5.41) is 2.76. The minimum absolute atomic E-state index is 0.231. The number of amides is 1. The number of alkyl halides is 3. The highest BCUT2D eigenvalue weighted by Crippen LogP contribution is 2.34. The van der Waals surface area contributed by atoms with Crippen LogP contribution in [0, 0.1) is 5.82 Å². The van der Waals surface area contributed by atoms with E-state index in [2.05, 4.69) is 9.47 Å².